The van der Waals surface area contributed by atoms with Crippen LogP contribution >= 0.6 is 0 Å². The second-order valence-electron chi connectivity index (χ2n) is 5.59. The maximum Gasteiger partial charge on any atom is 0.323 e. The Morgan fingerprint density at radius 1 is 1.37 bits per heavy atom. The Morgan fingerprint density at radius 2 is 2.11 bits per heavy atom. The van der Waals surface area contributed by atoms with E-state index in [0.29, 0.717) is 19.4 Å². The SMILES string of the molecule is CC(C)CN(CC(=O)O)C(=O)CCC1CCCCO1. The quantitative estimate of drug-likeness (QED) is 0.768. The van der Waals surface area contributed by atoms with Gasteiger partial charge in [-0.1, -0.05) is 13.8 Å². The highest BCUT2D eigenvalue weighted by molar-refractivity contribution is 5.81. The Kier molecular flexibility index (Phi) is 6.84. The lowest BCUT2D eigenvalue weighted by molar-refractivity contribution is -0.145. The van der Waals surface area contributed by atoms with Gasteiger partial charge in [-0.2, -0.15) is 0 Å². The Balaban J connectivity index is 2.39. The number of carbonyl (C=O) groups excluding carboxylic acids is 1. The van der Waals surface area contributed by atoms with E-state index in [1.165, 1.54) is 4.90 Å². The molecule has 1 rings (SSSR count). The topological polar surface area (TPSA) is 66.8 Å². The average molecular weight is 271 g/mol. The molecule has 0 aromatic heterocycles. The van der Waals surface area contributed by atoms with Crippen molar-refractivity contribution in [3.8, 4) is 0 Å². The molecule has 1 aliphatic rings. The maximum atomic E-state index is 12.1. The van der Waals surface area contributed by atoms with E-state index in [0.717, 1.165) is 25.9 Å². The van der Waals surface area contributed by atoms with Gasteiger partial charge in [0.1, 0.15) is 6.54 Å². The number of rotatable bonds is 7. The van der Waals surface area contributed by atoms with Crippen LogP contribution in [0.15, 0.2) is 0 Å². The first-order valence-electron chi connectivity index (χ1n) is 7.10. The summed E-state index contributed by atoms with van der Waals surface area (Å²) in [5.74, 6) is -0.762. The third-order valence-corrected chi connectivity index (χ3v) is 3.22. The number of aliphatic carboxylic acids is 1. The Morgan fingerprint density at radius 3 is 2.63 bits per heavy atom. The second-order valence-corrected chi connectivity index (χ2v) is 5.59. The van der Waals surface area contributed by atoms with E-state index in [-0.39, 0.29) is 24.5 Å². The molecule has 0 radical (unpaired) electrons. The zero-order chi connectivity index (χ0) is 14.3. The van der Waals surface area contributed by atoms with Crippen molar-refractivity contribution >= 4 is 11.9 Å². The first-order chi connectivity index (χ1) is 8.99. The second kappa shape index (κ2) is 8.15. The van der Waals surface area contributed by atoms with E-state index >= 15 is 0 Å². The van der Waals surface area contributed by atoms with Crippen molar-refractivity contribution in [1.29, 1.82) is 0 Å². The van der Waals surface area contributed by atoms with Crippen LogP contribution in [-0.2, 0) is 14.3 Å². The molecule has 0 aliphatic carbocycles. The molecular formula is C14H25NO4. The molecule has 19 heavy (non-hydrogen) atoms. The third-order valence-electron chi connectivity index (χ3n) is 3.22. The molecule has 1 atom stereocenters. The van der Waals surface area contributed by atoms with E-state index in [9.17, 15) is 9.59 Å². The number of hydrogen-bond acceptors (Lipinski definition) is 3. The van der Waals surface area contributed by atoms with Gasteiger partial charge in [0.2, 0.25) is 5.91 Å². The number of hydrogen-bond donors (Lipinski definition) is 1. The van der Waals surface area contributed by atoms with Crippen LogP contribution in [0.3, 0.4) is 0 Å². The number of carboxylic acids is 1. The summed E-state index contributed by atoms with van der Waals surface area (Å²) in [5, 5.41) is 8.84. The van der Waals surface area contributed by atoms with Crippen molar-refractivity contribution in [2.75, 3.05) is 19.7 Å². The summed E-state index contributed by atoms with van der Waals surface area (Å²) in [6, 6.07) is 0. The van der Waals surface area contributed by atoms with Crippen LogP contribution in [0, 0.1) is 5.92 Å². The van der Waals surface area contributed by atoms with E-state index in [1.807, 2.05) is 13.8 Å². The normalized spacial score (nSPS) is 19.4. The van der Waals surface area contributed by atoms with Crippen LogP contribution in [0.4, 0.5) is 0 Å². The smallest absolute Gasteiger partial charge is 0.323 e. The fraction of sp³-hybridized carbons (Fsp3) is 0.857. The molecule has 1 amide bonds. The zero-order valence-electron chi connectivity index (χ0n) is 11.9. The number of ether oxygens (including phenoxy) is 1. The molecule has 1 heterocycles. The largest absolute Gasteiger partial charge is 0.480 e. The van der Waals surface area contributed by atoms with Gasteiger partial charge >= 0.3 is 5.97 Å². The molecule has 110 valence electrons. The fourth-order valence-electron chi connectivity index (χ4n) is 2.34. The zero-order valence-corrected chi connectivity index (χ0v) is 11.9. The van der Waals surface area contributed by atoms with Crippen LogP contribution in [0.25, 0.3) is 0 Å². The molecule has 1 saturated heterocycles. The van der Waals surface area contributed by atoms with Gasteiger partial charge in [0.15, 0.2) is 0 Å². The molecule has 0 saturated carbocycles. The van der Waals surface area contributed by atoms with Crippen molar-refractivity contribution < 1.29 is 19.4 Å². The van der Waals surface area contributed by atoms with Crippen LogP contribution in [-0.4, -0.2) is 47.7 Å². The fourth-order valence-corrected chi connectivity index (χ4v) is 2.34. The first-order valence-corrected chi connectivity index (χ1v) is 7.10. The average Bonchev–Trinajstić information content (AvgIpc) is 2.35. The molecule has 1 unspecified atom stereocenters. The van der Waals surface area contributed by atoms with Crippen LogP contribution in [0.1, 0.15) is 46.0 Å². The van der Waals surface area contributed by atoms with Gasteiger partial charge in [-0.15, -0.1) is 0 Å². The van der Waals surface area contributed by atoms with Crippen molar-refractivity contribution in [3.63, 3.8) is 0 Å². The van der Waals surface area contributed by atoms with Crippen molar-refractivity contribution in [1.82, 2.24) is 4.90 Å². The van der Waals surface area contributed by atoms with Gasteiger partial charge in [-0.05, 0) is 31.6 Å². The Hall–Kier alpha value is -1.10. The number of nitrogens with zero attached hydrogens (tertiary/aromatic N) is 1. The van der Waals surface area contributed by atoms with Crippen molar-refractivity contribution in [2.24, 2.45) is 5.92 Å². The maximum absolute atomic E-state index is 12.1. The molecule has 1 fully saturated rings. The summed E-state index contributed by atoms with van der Waals surface area (Å²) < 4.78 is 5.58. The molecule has 0 bridgehead atoms. The predicted molar refractivity (Wildman–Crippen MR) is 71.9 cm³/mol. The van der Waals surface area contributed by atoms with Crippen molar-refractivity contribution in [2.45, 2.75) is 52.1 Å². The minimum absolute atomic E-state index is 0.0785. The van der Waals surface area contributed by atoms with Crippen LogP contribution < -0.4 is 0 Å². The van der Waals surface area contributed by atoms with E-state index in [4.69, 9.17) is 9.84 Å². The molecular weight excluding hydrogens is 246 g/mol. The third kappa shape index (κ3) is 6.57. The Bertz CT molecular complexity index is 298. The lowest BCUT2D eigenvalue weighted by Gasteiger charge is -2.25. The molecule has 5 nitrogen and oxygen atoms in total. The highest BCUT2D eigenvalue weighted by Crippen LogP contribution is 2.17. The highest BCUT2D eigenvalue weighted by Gasteiger charge is 2.20. The highest BCUT2D eigenvalue weighted by atomic mass is 16.5. The standard InChI is InChI=1S/C14H25NO4/c1-11(2)9-15(10-14(17)18)13(16)7-6-12-5-3-4-8-19-12/h11-12H,3-10H2,1-2H3,(H,17,18). The van der Waals surface area contributed by atoms with Gasteiger partial charge in [0.25, 0.3) is 0 Å². The molecule has 0 spiro atoms. The summed E-state index contributed by atoms with van der Waals surface area (Å²) in [5.41, 5.74) is 0. The molecule has 1 N–H and O–H groups in total. The molecule has 5 heteroatoms. The monoisotopic (exact) mass is 271 g/mol. The summed E-state index contributed by atoms with van der Waals surface area (Å²) in [6.45, 7) is 5.03. The van der Waals surface area contributed by atoms with E-state index in [1.54, 1.807) is 0 Å². The number of carbonyl (C=O) groups is 2. The first kappa shape index (κ1) is 16.0. The number of amides is 1. The van der Waals surface area contributed by atoms with Crippen LogP contribution in [0.2, 0.25) is 0 Å². The summed E-state index contributed by atoms with van der Waals surface area (Å²) in [4.78, 5) is 24.3. The van der Waals surface area contributed by atoms with Gasteiger partial charge in [0.05, 0.1) is 6.10 Å². The Labute approximate surface area is 114 Å². The summed E-state index contributed by atoms with van der Waals surface area (Å²) >= 11 is 0. The van der Waals surface area contributed by atoms with E-state index < -0.39 is 5.97 Å². The number of carboxylic acid groups (broad SMARTS) is 1. The van der Waals surface area contributed by atoms with Gasteiger partial charge in [-0.25, -0.2) is 0 Å². The van der Waals surface area contributed by atoms with Gasteiger partial charge in [0, 0.05) is 19.6 Å². The molecule has 1 aliphatic heterocycles. The lowest BCUT2D eigenvalue weighted by Crippen LogP contribution is -2.38. The minimum atomic E-state index is -0.956. The summed E-state index contributed by atoms with van der Waals surface area (Å²) in [7, 11) is 0. The van der Waals surface area contributed by atoms with Crippen LogP contribution in [0.5, 0.6) is 0 Å². The van der Waals surface area contributed by atoms with Crippen molar-refractivity contribution in [3.05, 3.63) is 0 Å². The van der Waals surface area contributed by atoms with Gasteiger partial charge in [-0.3, -0.25) is 9.59 Å². The molecule has 0 aromatic carbocycles. The van der Waals surface area contributed by atoms with E-state index in [2.05, 4.69) is 0 Å². The minimum Gasteiger partial charge on any atom is -0.480 e. The lowest BCUT2D eigenvalue weighted by atomic mass is 10.0. The van der Waals surface area contributed by atoms with Gasteiger partial charge < -0.3 is 14.7 Å². The predicted octanol–water partition coefficient (Wildman–Crippen LogP) is 1.90. The summed E-state index contributed by atoms with van der Waals surface area (Å²) in [6.07, 6.45) is 4.52. The molecule has 0 aromatic rings.